The standard InChI is InChI=1S/C18H15FN6OS2/c19-10-7-12(14-13(8-10)22-18(27)23-14)17(26)25-4-2-24(3-5-25)15-11-1-6-28-16(11)21-9-20-15/h1,6-9H,2-5H2,(H2,22,23,27). The van der Waals surface area contributed by atoms with Crippen LogP contribution in [0.4, 0.5) is 10.2 Å². The molecule has 1 fully saturated rings. The van der Waals surface area contributed by atoms with Crippen LogP contribution in [0.2, 0.25) is 0 Å². The highest BCUT2D eigenvalue weighted by Crippen LogP contribution is 2.28. The lowest BCUT2D eigenvalue weighted by atomic mass is 10.1. The lowest BCUT2D eigenvalue weighted by Gasteiger charge is -2.35. The summed E-state index contributed by atoms with van der Waals surface area (Å²) in [6.45, 7) is 2.35. The molecule has 5 rings (SSSR count). The van der Waals surface area contributed by atoms with E-state index in [9.17, 15) is 9.18 Å². The third kappa shape index (κ3) is 2.85. The van der Waals surface area contributed by atoms with Gasteiger partial charge in [0.15, 0.2) is 4.77 Å². The van der Waals surface area contributed by atoms with E-state index < -0.39 is 5.82 Å². The number of fused-ring (bicyclic) bond motifs is 2. The molecule has 0 bridgehead atoms. The van der Waals surface area contributed by atoms with Gasteiger partial charge in [0, 0.05) is 26.2 Å². The highest BCUT2D eigenvalue weighted by atomic mass is 32.1. The number of nitrogens with zero attached hydrogens (tertiary/aromatic N) is 4. The van der Waals surface area contributed by atoms with Crippen molar-refractivity contribution in [2.24, 2.45) is 0 Å². The Labute approximate surface area is 167 Å². The molecule has 2 N–H and O–H groups in total. The second-order valence-corrected chi connectivity index (χ2v) is 7.87. The number of thiophene rings is 1. The van der Waals surface area contributed by atoms with Gasteiger partial charge in [-0.3, -0.25) is 4.79 Å². The smallest absolute Gasteiger partial charge is 0.256 e. The maximum absolute atomic E-state index is 14.0. The van der Waals surface area contributed by atoms with Gasteiger partial charge in [-0.2, -0.15) is 0 Å². The van der Waals surface area contributed by atoms with Crippen LogP contribution in [0.15, 0.2) is 29.9 Å². The summed E-state index contributed by atoms with van der Waals surface area (Å²) >= 11 is 6.66. The number of rotatable bonds is 2. The highest BCUT2D eigenvalue weighted by molar-refractivity contribution is 7.71. The number of halogens is 1. The number of hydrogen-bond donors (Lipinski definition) is 2. The van der Waals surface area contributed by atoms with Crippen molar-refractivity contribution < 1.29 is 9.18 Å². The molecule has 4 heterocycles. The maximum Gasteiger partial charge on any atom is 0.256 e. The van der Waals surface area contributed by atoms with Crippen LogP contribution in [0.5, 0.6) is 0 Å². The second kappa shape index (κ2) is 6.64. The lowest BCUT2D eigenvalue weighted by molar-refractivity contribution is 0.0748. The zero-order valence-corrected chi connectivity index (χ0v) is 16.2. The number of nitrogens with one attached hydrogen (secondary N) is 2. The van der Waals surface area contributed by atoms with Crippen LogP contribution in [0.1, 0.15) is 10.4 Å². The second-order valence-electron chi connectivity index (χ2n) is 6.57. The molecule has 28 heavy (non-hydrogen) atoms. The fourth-order valence-corrected chi connectivity index (χ4v) is 4.54. The number of carbonyl (C=O) groups is 1. The molecule has 0 saturated carbocycles. The van der Waals surface area contributed by atoms with Crippen molar-refractivity contribution in [3.05, 3.63) is 46.1 Å². The SMILES string of the molecule is O=C(c1cc(F)cc2[nH]c(=S)[nH]c12)N1CCN(c2ncnc3sccc23)CC1. The molecule has 3 aromatic heterocycles. The number of aromatic amines is 2. The zero-order valence-electron chi connectivity index (χ0n) is 14.6. The number of piperazine rings is 1. The van der Waals surface area contributed by atoms with Crippen LogP contribution >= 0.6 is 23.6 Å². The fourth-order valence-electron chi connectivity index (χ4n) is 3.60. The van der Waals surface area contributed by atoms with Crippen LogP contribution < -0.4 is 4.90 Å². The molecular weight excluding hydrogens is 399 g/mol. The number of hydrogen-bond acceptors (Lipinski definition) is 6. The Balaban J connectivity index is 1.39. The average Bonchev–Trinajstić information content (AvgIpc) is 3.32. The van der Waals surface area contributed by atoms with E-state index in [-0.39, 0.29) is 11.5 Å². The van der Waals surface area contributed by atoms with Crippen LogP contribution in [-0.2, 0) is 0 Å². The van der Waals surface area contributed by atoms with Crippen LogP contribution in [0.3, 0.4) is 0 Å². The van der Waals surface area contributed by atoms with E-state index in [0.717, 1.165) is 16.0 Å². The molecule has 1 aromatic carbocycles. The molecule has 1 saturated heterocycles. The Kier molecular flexibility index (Phi) is 4.09. The van der Waals surface area contributed by atoms with Gasteiger partial charge in [0.25, 0.3) is 5.91 Å². The Morgan fingerprint density at radius 1 is 1.18 bits per heavy atom. The molecule has 0 unspecified atom stereocenters. The normalized spacial score (nSPS) is 14.9. The predicted molar refractivity (Wildman–Crippen MR) is 109 cm³/mol. The van der Waals surface area contributed by atoms with Crippen molar-refractivity contribution in [1.82, 2.24) is 24.8 Å². The molecular formula is C18H15FN6OS2. The molecule has 0 atom stereocenters. The third-order valence-corrected chi connectivity index (χ3v) is 5.95. The predicted octanol–water partition coefficient (Wildman–Crippen LogP) is 3.33. The third-order valence-electron chi connectivity index (χ3n) is 4.93. The first kappa shape index (κ1) is 17.3. The lowest BCUT2D eigenvalue weighted by Crippen LogP contribution is -2.49. The van der Waals surface area contributed by atoms with Crippen molar-refractivity contribution in [3.8, 4) is 0 Å². The van der Waals surface area contributed by atoms with E-state index in [4.69, 9.17) is 12.2 Å². The van der Waals surface area contributed by atoms with Gasteiger partial charge in [0.1, 0.15) is 22.8 Å². The van der Waals surface area contributed by atoms with E-state index in [1.54, 1.807) is 22.6 Å². The van der Waals surface area contributed by atoms with Gasteiger partial charge in [-0.15, -0.1) is 11.3 Å². The Morgan fingerprint density at radius 2 is 2.00 bits per heavy atom. The van der Waals surface area contributed by atoms with Gasteiger partial charge in [-0.25, -0.2) is 14.4 Å². The summed E-state index contributed by atoms with van der Waals surface area (Å²) in [4.78, 5) is 32.4. The van der Waals surface area contributed by atoms with Crippen molar-refractivity contribution in [2.75, 3.05) is 31.1 Å². The number of aromatic nitrogens is 4. The quantitative estimate of drug-likeness (QED) is 0.492. The molecule has 1 aliphatic rings. The summed E-state index contributed by atoms with van der Waals surface area (Å²) < 4.78 is 14.3. The number of anilines is 1. The van der Waals surface area contributed by atoms with Gasteiger partial charge in [-0.05, 0) is 35.8 Å². The molecule has 7 nitrogen and oxygen atoms in total. The summed E-state index contributed by atoms with van der Waals surface area (Å²) in [6, 6.07) is 4.61. The van der Waals surface area contributed by atoms with Crippen molar-refractivity contribution >= 4 is 56.5 Å². The van der Waals surface area contributed by atoms with Crippen LogP contribution in [-0.4, -0.2) is 56.9 Å². The Morgan fingerprint density at radius 3 is 2.82 bits per heavy atom. The molecule has 142 valence electrons. The number of H-pyrrole nitrogens is 2. The van der Waals surface area contributed by atoms with E-state index in [2.05, 4.69) is 24.8 Å². The van der Waals surface area contributed by atoms with Crippen molar-refractivity contribution in [1.29, 1.82) is 0 Å². The average molecular weight is 414 g/mol. The molecule has 0 radical (unpaired) electrons. The van der Waals surface area contributed by atoms with E-state index in [1.807, 2.05) is 11.4 Å². The summed E-state index contributed by atoms with van der Waals surface area (Å²) in [7, 11) is 0. The van der Waals surface area contributed by atoms with Gasteiger partial charge < -0.3 is 19.8 Å². The minimum absolute atomic E-state index is 0.210. The summed E-state index contributed by atoms with van der Waals surface area (Å²) in [5.41, 5.74) is 1.32. The first-order valence-electron chi connectivity index (χ1n) is 8.74. The van der Waals surface area contributed by atoms with E-state index >= 15 is 0 Å². The first-order chi connectivity index (χ1) is 13.6. The molecule has 0 spiro atoms. The van der Waals surface area contributed by atoms with Crippen LogP contribution in [0.25, 0.3) is 21.3 Å². The van der Waals surface area contributed by atoms with Gasteiger partial charge in [0.05, 0.1) is 22.0 Å². The van der Waals surface area contributed by atoms with E-state index in [1.165, 1.54) is 12.1 Å². The minimum atomic E-state index is -0.472. The van der Waals surface area contributed by atoms with Crippen LogP contribution in [0, 0.1) is 10.6 Å². The molecule has 1 aliphatic heterocycles. The maximum atomic E-state index is 14.0. The topological polar surface area (TPSA) is 80.9 Å². The van der Waals surface area contributed by atoms with Gasteiger partial charge >= 0.3 is 0 Å². The van der Waals surface area contributed by atoms with Crippen molar-refractivity contribution in [3.63, 3.8) is 0 Å². The first-order valence-corrected chi connectivity index (χ1v) is 10.0. The molecule has 10 heteroatoms. The van der Waals surface area contributed by atoms with E-state index in [0.29, 0.717) is 42.0 Å². The van der Waals surface area contributed by atoms with Gasteiger partial charge in [0.2, 0.25) is 0 Å². The van der Waals surface area contributed by atoms with Crippen molar-refractivity contribution in [2.45, 2.75) is 0 Å². The summed E-state index contributed by atoms with van der Waals surface area (Å²) in [5.74, 6) is 0.208. The van der Waals surface area contributed by atoms with Gasteiger partial charge in [-0.1, -0.05) is 0 Å². The Bertz CT molecular complexity index is 1250. The largest absolute Gasteiger partial charge is 0.352 e. The number of amides is 1. The Hall–Kier alpha value is -2.85. The molecule has 1 amide bonds. The monoisotopic (exact) mass is 414 g/mol. The summed E-state index contributed by atoms with van der Waals surface area (Å²) in [6.07, 6.45) is 1.57. The molecule has 0 aliphatic carbocycles. The zero-order chi connectivity index (χ0) is 19.3. The minimum Gasteiger partial charge on any atom is -0.352 e. The summed E-state index contributed by atoms with van der Waals surface area (Å²) in [5, 5.41) is 3.03. The fraction of sp³-hybridized carbons (Fsp3) is 0.222. The number of carbonyl (C=O) groups excluding carboxylic acids is 1. The number of benzene rings is 1. The number of imidazole rings is 1. The highest BCUT2D eigenvalue weighted by Gasteiger charge is 2.26. The molecule has 4 aromatic rings.